The molecule has 0 amide bonds. The highest BCUT2D eigenvalue weighted by Gasteiger charge is 2.19. The van der Waals surface area contributed by atoms with E-state index >= 15 is 0 Å². The monoisotopic (exact) mass is 518 g/mol. The van der Waals surface area contributed by atoms with Crippen LogP contribution in [0.2, 0.25) is 0 Å². The fourth-order valence-electron chi connectivity index (χ4n) is 5.84. The molecule has 2 aromatic heterocycles. The van der Waals surface area contributed by atoms with E-state index < -0.39 is 0 Å². The van der Waals surface area contributed by atoms with Gasteiger partial charge in [0.25, 0.3) is 0 Å². The fourth-order valence-corrected chi connectivity index (χ4v) is 5.84. The van der Waals surface area contributed by atoms with Crippen LogP contribution in [0, 0.1) is 0 Å². The minimum atomic E-state index is 0.825. The van der Waals surface area contributed by atoms with E-state index in [1.54, 1.807) is 0 Å². The number of para-hydroxylation sites is 2. The van der Waals surface area contributed by atoms with Gasteiger partial charge in [-0.25, -0.2) is 0 Å². The molecule has 0 aliphatic carbocycles. The zero-order valence-electron chi connectivity index (χ0n) is 23.4. The first kappa shape index (κ1) is 25.5. The van der Waals surface area contributed by atoms with Crippen molar-refractivity contribution in [3.8, 4) is 16.8 Å². The molecule has 0 aliphatic heterocycles. The first-order valence-corrected chi connectivity index (χ1v) is 14.2. The summed E-state index contributed by atoms with van der Waals surface area (Å²) in [5, 5.41) is 5.16. The molecule has 0 radical (unpaired) electrons. The Hall–Kier alpha value is -4.82. The van der Waals surface area contributed by atoms with Crippen molar-refractivity contribution in [1.29, 1.82) is 0 Å². The van der Waals surface area contributed by atoms with Crippen molar-refractivity contribution in [2.24, 2.45) is 0 Å². The highest BCUT2D eigenvalue weighted by molar-refractivity contribution is 6.25. The second-order valence-electron chi connectivity index (χ2n) is 9.70. The summed E-state index contributed by atoms with van der Waals surface area (Å²) in [5.41, 5.74) is 8.65. The summed E-state index contributed by atoms with van der Waals surface area (Å²) in [6.07, 6.45) is 8.51. The van der Waals surface area contributed by atoms with Gasteiger partial charge in [-0.2, -0.15) is 0 Å². The molecule has 0 saturated heterocycles. The third-order valence-electron chi connectivity index (χ3n) is 7.53. The molecule has 7 aromatic rings. The zero-order chi connectivity index (χ0) is 27.5. The largest absolute Gasteiger partial charge is 0.337 e. The Morgan fingerprint density at radius 3 is 1.95 bits per heavy atom. The van der Waals surface area contributed by atoms with Crippen LogP contribution in [-0.2, 0) is 6.54 Å². The van der Waals surface area contributed by atoms with Gasteiger partial charge in [-0.1, -0.05) is 123 Å². The SMILES string of the molecule is C/C=C\C=C/Cn1c2ccccc2c2c1ccc1c3ccccc3n(-c3ccc(-c4ccccc4)cc3)c12.CC. The maximum atomic E-state index is 2.45. The van der Waals surface area contributed by atoms with Crippen LogP contribution in [0.15, 0.2) is 140 Å². The Bertz CT molecular complexity index is 1980. The van der Waals surface area contributed by atoms with Gasteiger partial charge in [0.2, 0.25) is 0 Å². The second-order valence-corrected chi connectivity index (χ2v) is 9.70. The number of allylic oxidation sites excluding steroid dienone is 4. The van der Waals surface area contributed by atoms with Gasteiger partial charge in [0.1, 0.15) is 0 Å². The van der Waals surface area contributed by atoms with Crippen LogP contribution in [0.5, 0.6) is 0 Å². The normalized spacial score (nSPS) is 11.8. The molecule has 0 fully saturated rings. The van der Waals surface area contributed by atoms with Gasteiger partial charge in [0.05, 0.1) is 16.6 Å². The van der Waals surface area contributed by atoms with Crippen LogP contribution in [0.25, 0.3) is 60.4 Å². The summed E-state index contributed by atoms with van der Waals surface area (Å²) in [6, 6.07) is 41.8. The van der Waals surface area contributed by atoms with Crippen molar-refractivity contribution in [3.05, 3.63) is 140 Å². The third kappa shape index (κ3) is 4.23. The molecule has 40 heavy (non-hydrogen) atoms. The Morgan fingerprint density at radius 2 is 1.20 bits per heavy atom. The van der Waals surface area contributed by atoms with Crippen molar-refractivity contribution in [2.75, 3.05) is 0 Å². The highest BCUT2D eigenvalue weighted by Crippen LogP contribution is 2.41. The first-order valence-electron chi connectivity index (χ1n) is 14.2. The average Bonchev–Trinajstić information content (AvgIpc) is 3.53. The van der Waals surface area contributed by atoms with Gasteiger partial charge in [0, 0.05) is 39.3 Å². The molecule has 0 aliphatic rings. The molecule has 0 atom stereocenters. The predicted octanol–water partition coefficient (Wildman–Crippen LogP) is 10.7. The van der Waals surface area contributed by atoms with E-state index in [0.717, 1.165) is 6.54 Å². The molecule has 2 heteroatoms. The van der Waals surface area contributed by atoms with Crippen LogP contribution >= 0.6 is 0 Å². The van der Waals surface area contributed by atoms with E-state index in [4.69, 9.17) is 0 Å². The number of fused-ring (bicyclic) bond motifs is 7. The minimum Gasteiger partial charge on any atom is -0.337 e. The number of nitrogens with zero attached hydrogens (tertiary/aromatic N) is 2. The smallest absolute Gasteiger partial charge is 0.0641 e. The van der Waals surface area contributed by atoms with Gasteiger partial charge in [-0.3, -0.25) is 0 Å². The van der Waals surface area contributed by atoms with E-state index in [1.807, 2.05) is 20.8 Å². The Labute approximate surface area is 236 Å². The summed E-state index contributed by atoms with van der Waals surface area (Å²) in [4.78, 5) is 0. The van der Waals surface area contributed by atoms with Gasteiger partial charge >= 0.3 is 0 Å². The average molecular weight is 519 g/mol. The zero-order valence-corrected chi connectivity index (χ0v) is 23.4. The van der Waals surface area contributed by atoms with Crippen LogP contribution < -0.4 is 0 Å². The quantitative estimate of drug-likeness (QED) is 0.201. The molecule has 2 heterocycles. The number of rotatable bonds is 5. The third-order valence-corrected chi connectivity index (χ3v) is 7.53. The molecular weight excluding hydrogens is 484 g/mol. The van der Waals surface area contributed by atoms with E-state index in [0.29, 0.717) is 0 Å². The van der Waals surface area contributed by atoms with Crippen molar-refractivity contribution in [1.82, 2.24) is 9.13 Å². The molecule has 0 N–H and O–H groups in total. The molecule has 7 rings (SSSR count). The molecule has 2 nitrogen and oxygen atoms in total. The molecule has 0 unspecified atom stereocenters. The number of hydrogen-bond acceptors (Lipinski definition) is 0. The highest BCUT2D eigenvalue weighted by atomic mass is 15.0. The van der Waals surface area contributed by atoms with E-state index in [-0.39, 0.29) is 0 Å². The van der Waals surface area contributed by atoms with Crippen LogP contribution in [0.3, 0.4) is 0 Å². The lowest BCUT2D eigenvalue weighted by atomic mass is 10.1. The van der Waals surface area contributed by atoms with Crippen molar-refractivity contribution in [2.45, 2.75) is 27.3 Å². The molecule has 196 valence electrons. The molecule has 5 aromatic carbocycles. The summed E-state index contributed by atoms with van der Waals surface area (Å²) in [6.45, 7) is 6.87. The van der Waals surface area contributed by atoms with Gasteiger partial charge in [-0.05, 0) is 48.4 Å². The fraction of sp³-hybridized carbons (Fsp3) is 0.105. The lowest BCUT2D eigenvalue weighted by Gasteiger charge is -2.11. The van der Waals surface area contributed by atoms with Gasteiger partial charge in [-0.15, -0.1) is 0 Å². The predicted molar refractivity (Wildman–Crippen MR) is 175 cm³/mol. The topological polar surface area (TPSA) is 9.86 Å². The van der Waals surface area contributed by atoms with Crippen LogP contribution in [-0.4, -0.2) is 9.13 Å². The summed E-state index contributed by atoms with van der Waals surface area (Å²) in [5.74, 6) is 0. The summed E-state index contributed by atoms with van der Waals surface area (Å²) in [7, 11) is 0. The molecular formula is C38H34N2. The first-order chi connectivity index (χ1) is 19.8. The van der Waals surface area contributed by atoms with E-state index in [1.165, 1.54) is 60.4 Å². The Morgan fingerprint density at radius 1 is 0.550 bits per heavy atom. The van der Waals surface area contributed by atoms with Gasteiger partial charge < -0.3 is 9.13 Å². The molecule has 0 saturated carbocycles. The van der Waals surface area contributed by atoms with Crippen molar-refractivity contribution < 1.29 is 0 Å². The van der Waals surface area contributed by atoms with E-state index in [2.05, 4.69) is 149 Å². The summed E-state index contributed by atoms with van der Waals surface area (Å²) < 4.78 is 4.89. The number of benzene rings is 5. The van der Waals surface area contributed by atoms with Crippen molar-refractivity contribution >= 4 is 43.6 Å². The second kappa shape index (κ2) is 11.1. The Balaban J connectivity index is 0.00000142. The lowest BCUT2D eigenvalue weighted by Crippen LogP contribution is -1.96. The molecule has 0 bridgehead atoms. The maximum absolute atomic E-state index is 2.45. The Kier molecular flexibility index (Phi) is 7.08. The van der Waals surface area contributed by atoms with Crippen LogP contribution in [0.4, 0.5) is 0 Å². The summed E-state index contributed by atoms with van der Waals surface area (Å²) >= 11 is 0. The number of aromatic nitrogens is 2. The van der Waals surface area contributed by atoms with Crippen LogP contribution in [0.1, 0.15) is 20.8 Å². The van der Waals surface area contributed by atoms with Gasteiger partial charge in [0.15, 0.2) is 0 Å². The molecule has 0 spiro atoms. The van der Waals surface area contributed by atoms with E-state index in [9.17, 15) is 0 Å². The minimum absolute atomic E-state index is 0.825. The van der Waals surface area contributed by atoms with Crippen molar-refractivity contribution in [3.63, 3.8) is 0 Å². The number of hydrogen-bond donors (Lipinski definition) is 0. The lowest BCUT2D eigenvalue weighted by molar-refractivity contribution is 0.899. The maximum Gasteiger partial charge on any atom is 0.0641 e. The standard InChI is InChI=1S/C36H28N2.C2H6/c1-2-3-4-12-25-37-32-17-10-9-16-31(32)35-34(37)24-23-30-29-15-8-11-18-33(29)38(36(30)35)28-21-19-27(20-22-28)26-13-6-5-7-14-26;1-2/h2-24H,25H2,1H3;1-2H3/b3-2-,12-4-;.